The summed E-state index contributed by atoms with van der Waals surface area (Å²) in [6.45, 7) is 2.20. The Kier molecular flexibility index (Phi) is 4.60. The fourth-order valence-corrected chi connectivity index (χ4v) is 4.33. The van der Waals surface area contributed by atoms with Crippen LogP contribution in [0.1, 0.15) is 17.3 Å². The third kappa shape index (κ3) is 3.16. The Hall–Kier alpha value is -3.91. The molecular weight excluding hydrogens is 411 g/mol. The van der Waals surface area contributed by atoms with E-state index in [2.05, 4.69) is 15.1 Å². The molecule has 1 aliphatic heterocycles. The molecule has 2 heterocycles. The van der Waals surface area contributed by atoms with Crippen molar-refractivity contribution >= 4 is 39.6 Å². The predicted molar refractivity (Wildman–Crippen MR) is 121 cm³/mol. The number of rotatable bonds is 4. The maximum Gasteiger partial charge on any atom is 0.335 e. The molecule has 0 unspecified atom stereocenters. The third-order valence-electron chi connectivity index (χ3n) is 5.96. The Morgan fingerprint density at radius 1 is 1.09 bits per heavy atom. The van der Waals surface area contributed by atoms with Crippen molar-refractivity contribution in [1.29, 1.82) is 0 Å². The van der Waals surface area contributed by atoms with Crippen LogP contribution in [-0.4, -0.2) is 45.1 Å². The molecule has 3 N–H and O–H groups in total. The highest BCUT2D eigenvalue weighted by Gasteiger charge is 2.41. The van der Waals surface area contributed by atoms with E-state index in [1.54, 1.807) is 42.6 Å². The van der Waals surface area contributed by atoms with E-state index in [4.69, 9.17) is 0 Å². The number of carboxylic acids is 1. The Morgan fingerprint density at radius 3 is 2.44 bits per heavy atom. The number of carboxylic acid groups (broad SMARTS) is 1. The van der Waals surface area contributed by atoms with E-state index in [0.717, 1.165) is 33.7 Å². The summed E-state index contributed by atoms with van der Waals surface area (Å²) >= 11 is 0. The van der Waals surface area contributed by atoms with Crippen molar-refractivity contribution in [3.05, 3.63) is 78.2 Å². The molecule has 1 atom stereocenters. The molecule has 1 aliphatic rings. The topological polar surface area (TPSA) is 92.7 Å². The van der Waals surface area contributed by atoms with Crippen LogP contribution in [0, 0.1) is 5.82 Å². The highest BCUT2D eigenvalue weighted by molar-refractivity contribution is 5.96. The molecule has 8 heteroatoms. The fraction of sp³-hybridized carbons (Fsp3) is 0.167. The van der Waals surface area contributed by atoms with Crippen molar-refractivity contribution in [2.45, 2.75) is 12.5 Å². The number of nitrogens with zero attached hydrogens (tertiary/aromatic N) is 3. The van der Waals surface area contributed by atoms with E-state index < -0.39 is 11.5 Å². The fourth-order valence-electron chi connectivity index (χ4n) is 4.33. The van der Waals surface area contributed by atoms with Crippen LogP contribution in [0.3, 0.4) is 0 Å². The summed E-state index contributed by atoms with van der Waals surface area (Å²) in [6.07, 6.45) is 1.73. The second-order valence-electron chi connectivity index (χ2n) is 8.20. The molecule has 0 fully saturated rings. The van der Waals surface area contributed by atoms with Gasteiger partial charge in [-0.1, -0.05) is 0 Å². The van der Waals surface area contributed by atoms with E-state index >= 15 is 0 Å². The normalized spacial score (nSPS) is 18.1. The SMILES string of the molecule is C[C@]1(CO)CN(c2ccc(C(=O)O)cc2)c2cc3[nH]ncc3cc2N1c1ccc(F)cc1. The van der Waals surface area contributed by atoms with Gasteiger partial charge in [0.05, 0.1) is 40.8 Å². The van der Waals surface area contributed by atoms with Gasteiger partial charge in [-0.25, -0.2) is 9.18 Å². The molecule has 0 saturated heterocycles. The number of aromatic carboxylic acids is 1. The molecule has 0 aliphatic carbocycles. The average Bonchev–Trinajstić information content (AvgIpc) is 3.26. The smallest absolute Gasteiger partial charge is 0.335 e. The molecule has 0 radical (unpaired) electrons. The van der Waals surface area contributed by atoms with E-state index in [-0.39, 0.29) is 18.0 Å². The van der Waals surface area contributed by atoms with Crippen LogP contribution < -0.4 is 9.80 Å². The zero-order valence-electron chi connectivity index (χ0n) is 17.3. The Morgan fingerprint density at radius 2 is 1.78 bits per heavy atom. The first-order valence-corrected chi connectivity index (χ1v) is 10.1. The number of aliphatic hydroxyl groups is 1. The number of nitrogens with one attached hydrogen (secondary N) is 1. The number of hydrogen-bond donors (Lipinski definition) is 3. The van der Waals surface area contributed by atoms with Gasteiger partial charge in [0.25, 0.3) is 0 Å². The summed E-state index contributed by atoms with van der Waals surface area (Å²) in [7, 11) is 0. The Labute approximate surface area is 183 Å². The second-order valence-corrected chi connectivity index (χ2v) is 8.20. The third-order valence-corrected chi connectivity index (χ3v) is 5.96. The van der Waals surface area contributed by atoms with Crippen molar-refractivity contribution < 1.29 is 19.4 Å². The van der Waals surface area contributed by atoms with Crippen LogP contribution in [0.2, 0.25) is 0 Å². The minimum Gasteiger partial charge on any atom is -0.478 e. The summed E-state index contributed by atoms with van der Waals surface area (Å²) in [5.41, 5.74) is 3.56. The van der Waals surface area contributed by atoms with Gasteiger partial charge >= 0.3 is 5.97 Å². The van der Waals surface area contributed by atoms with E-state index in [1.165, 1.54) is 12.1 Å². The lowest BCUT2D eigenvalue weighted by molar-refractivity contribution is 0.0697. The molecule has 162 valence electrons. The zero-order valence-corrected chi connectivity index (χ0v) is 17.3. The number of halogens is 1. The van der Waals surface area contributed by atoms with Crippen molar-refractivity contribution in [3.63, 3.8) is 0 Å². The molecule has 4 aromatic rings. The quantitative estimate of drug-likeness (QED) is 0.442. The highest BCUT2D eigenvalue weighted by Crippen LogP contribution is 2.48. The zero-order chi connectivity index (χ0) is 22.5. The van der Waals surface area contributed by atoms with Gasteiger partial charge in [-0.3, -0.25) is 5.10 Å². The van der Waals surface area contributed by atoms with Gasteiger partial charge in [-0.15, -0.1) is 0 Å². The van der Waals surface area contributed by atoms with Gasteiger partial charge in [0.15, 0.2) is 0 Å². The number of aliphatic hydroxyl groups excluding tert-OH is 1. The largest absolute Gasteiger partial charge is 0.478 e. The van der Waals surface area contributed by atoms with Gasteiger partial charge in [-0.2, -0.15) is 5.10 Å². The number of fused-ring (bicyclic) bond motifs is 2. The number of aromatic nitrogens is 2. The van der Waals surface area contributed by atoms with Crippen molar-refractivity contribution in [1.82, 2.24) is 10.2 Å². The van der Waals surface area contributed by atoms with Crippen LogP contribution >= 0.6 is 0 Å². The lowest BCUT2D eigenvalue weighted by Crippen LogP contribution is -2.57. The molecule has 32 heavy (non-hydrogen) atoms. The lowest BCUT2D eigenvalue weighted by Gasteiger charge is -2.50. The molecule has 5 rings (SSSR count). The highest BCUT2D eigenvalue weighted by atomic mass is 19.1. The standard InChI is InChI=1S/C24H21FN4O3/c1-24(14-30)13-28(18-6-2-15(3-7-18)23(31)32)21-11-20-16(12-26-27-20)10-22(21)29(24)19-8-4-17(25)5-9-19/h2-12,30H,13-14H2,1H3,(H,26,27)(H,31,32)/t24-/m1/s1. The first kappa shape index (κ1) is 20.0. The van der Waals surface area contributed by atoms with Crippen LogP contribution in [0.5, 0.6) is 0 Å². The van der Waals surface area contributed by atoms with E-state index in [9.17, 15) is 19.4 Å². The second kappa shape index (κ2) is 7.35. The molecule has 1 aromatic heterocycles. The summed E-state index contributed by atoms with van der Waals surface area (Å²) in [6, 6.07) is 16.8. The van der Waals surface area contributed by atoms with Crippen molar-refractivity contribution in [3.8, 4) is 0 Å². The molecular formula is C24H21FN4O3. The number of carbonyl (C=O) groups is 1. The van der Waals surface area contributed by atoms with Gasteiger partial charge in [0.1, 0.15) is 5.82 Å². The first-order chi connectivity index (χ1) is 15.4. The average molecular weight is 432 g/mol. The van der Waals surface area contributed by atoms with Gasteiger partial charge in [-0.05, 0) is 67.6 Å². The number of anilines is 4. The summed E-state index contributed by atoms with van der Waals surface area (Å²) in [5, 5.41) is 27.8. The number of benzene rings is 3. The Bertz CT molecular complexity index is 1300. The van der Waals surface area contributed by atoms with Gasteiger partial charge < -0.3 is 20.0 Å². The first-order valence-electron chi connectivity index (χ1n) is 10.1. The minimum absolute atomic E-state index is 0.156. The molecule has 7 nitrogen and oxygen atoms in total. The monoisotopic (exact) mass is 432 g/mol. The maximum atomic E-state index is 13.6. The molecule has 0 bridgehead atoms. The van der Waals surface area contributed by atoms with E-state index in [1.807, 2.05) is 24.0 Å². The predicted octanol–water partition coefficient (Wildman–Crippen LogP) is 4.44. The summed E-state index contributed by atoms with van der Waals surface area (Å²) in [4.78, 5) is 15.4. The van der Waals surface area contributed by atoms with Crippen molar-refractivity contribution in [2.24, 2.45) is 0 Å². The van der Waals surface area contributed by atoms with Crippen LogP contribution in [0.4, 0.5) is 27.1 Å². The molecule has 0 amide bonds. The van der Waals surface area contributed by atoms with Crippen LogP contribution in [0.15, 0.2) is 66.9 Å². The molecule has 0 spiro atoms. The Balaban J connectivity index is 1.73. The van der Waals surface area contributed by atoms with E-state index in [0.29, 0.717) is 6.54 Å². The lowest BCUT2D eigenvalue weighted by atomic mass is 9.92. The van der Waals surface area contributed by atoms with Gasteiger partial charge in [0.2, 0.25) is 0 Å². The number of aromatic amines is 1. The van der Waals surface area contributed by atoms with Crippen molar-refractivity contribution in [2.75, 3.05) is 23.0 Å². The minimum atomic E-state index is -0.988. The number of hydrogen-bond acceptors (Lipinski definition) is 5. The molecule has 3 aromatic carbocycles. The maximum absolute atomic E-state index is 13.6. The summed E-state index contributed by atoms with van der Waals surface area (Å²) in [5.74, 6) is -1.32. The summed E-state index contributed by atoms with van der Waals surface area (Å²) < 4.78 is 13.6. The number of H-pyrrole nitrogens is 1. The molecule has 0 saturated carbocycles. The van der Waals surface area contributed by atoms with Crippen LogP contribution in [-0.2, 0) is 0 Å². The van der Waals surface area contributed by atoms with Gasteiger partial charge in [0, 0.05) is 23.3 Å². The van der Waals surface area contributed by atoms with Crippen LogP contribution in [0.25, 0.3) is 10.9 Å².